The maximum Gasteiger partial charge on any atom is 0.280 e. The van der Waals surface area contributed by atoms with Gasteiger partial charge in [-0.05, 0) is 54.8 Å². The van der Waals surface area contributed by atoms with Crippen LogP contribution >= 0.6 is 0 Å². The summed E-state index contributed by atoms with van der Waals surface area (Å²) in [5.74, 6) is -0.0755. The van der Waals surface area contributed by atoms with Crippen LogP contribution in [0.1, 0.15) is 31.7 Å². The maximum absolute atomic E-state index is 13.1. The summed E-state index contributed by atoms with van der Waals surface area (Å²) < 4.78 is 1.81. The summed E-state index contributed by atoms with van der Waals surface area (Å²) in [6.45, 7) is 2.14. The predicted molar refractivity (Wildman–Crippen MR) is 112 cm³/mol. The molecule has 0 N–H and O–H groups in total. The summed E-state index contributed by atoms with van der Waals surface area (Å²) in [7, 11) is 0. The molecule has 1 aliphatic heterocycles. The highest BCUT2D eigenvalue weighted by molar-refractivity contribution is 6.32. The third-order valence-corrected chi connectivity index (χ3v) is 4.70. The Morgan fingerprint density at radius 3 is 2.43 bits per heavy atom. The summed E-state index contributed by atoms with van der Waals surface area (Å²) in [6, 6.07) is 19.5. The zero-order valence-electron chi connectivity index (χ0n) is 15.8. The van der Waals surface area contributed by atoms with E-state index >= 15 is 0 Å². The van der Waals surface area contributed by atoms with E-state index in [2.05, 4.69) is 17.1 Å². The van der Waals surface area contributed by atoms with Gasteiger partial charge >= 0.3 is 0 Å². The lowest BCUT2D eigenvalue weighted by Gasteiger charge is -2.11. The van der Waals surface area contributed by atoms with Gasteiger partial charge in [0, 0.05) is 12.4 Å². The number of hydrogen-bond acceptors (Lipinski definition) is 3. The fourth-order valence-corrected chi connectivity index (χ4v) is 3.19. The number of carbonyl (C=O) groups excluding carboxylic acids is 1. The van der Waals surface area contributed by atoms with Crippen molar-refractivity contribution in [1.29, 1.82) is 0 Å². The molecule has 5 heteroatoms. The van der Waals surface area contributed by atoms with Gasteiger partial charge < -0.3 is 0 Å². The molecule has 0 saturated carbocycles. The molecular weight excluding hydrogens is 348 g/mol. The molecule has 0 radical (unpaired) electrons. The van der Waals surface area contributed by atoms with Gasteiger partial charge in [-0.3, -0.25) is 4.79 Å². The Bertz CT molecular complexity index is 1000. The van der Waals surface area contributed by atoms with E-state index in [0.717, 1.165) is 41.9 Å². The number of para-hydroxylation sites is 1. The Kier molecular flexibility index (Phi) is 5.15. The molecule has 5 nitrogen and oxygen atoms in total. The molecule has 0 atom stereocenters. The summed E-state index contributed by atoms with van der Waals surface area (Å²) in [4.78, 5) is 13.1. The molecule has 1 aromatic heterocycles. The van der Waals surface area contributed by atoms with Crippen LogP contribution in [0, 0.1) is 0 Å². The van der Waals surface area contributed by atoms with Crippen LogP contribution in [0.5, 0.6) is 0 Å². The van der Waals surface area contributed by atoms with Crippen molar-refractivity contribution in [2.24, 2.45) is 5.10 Å². The van der Waals surface area contributed by atoms with Gasteiger partial charge in [-0.15, -0.1) is 0 Å². The van der Waals surface area contributed by atoms with Crippen molar-refractivity contribution in [2.75, 3.05) is 5.01 Å². The van der Waals surface area contributed by atoms with Crippen molar-refractivity contribution in [1.82, 2.24) is 9.78 Å². The Morgan fingerprint density at radius 2 is 1.75 bits per heavy atom. The number of rotatable bonds is 6. The largest absolute Gasteiger partial charge is 0.280 e. The van der Waals surface area contributed by atoms with Crippen LogP contribution in [0.15, 0.2) is 83.7 Å². The quantitative estimate of drug-likeness (QED) is 0.583. The highest BCUT2D eigenvalue weighted by Gasteiger charge is 2.30. The highest BCUT2D eigenvalue weighted by Crippen LogP contribution is 2.27. The van der Waals surface area contributed by atoms with Gasteiger partial charge in [0.15, 0.2) is 0 Å². The van der Waals surface area contributed by atoms with Crippen molar-refractivity contribution < 1.29 is 4.79 Å². The standard InChI is InChI=1S/C23H22N4O/c1-2-3-10-22-21(23(28)27(25-22)20-8-5-4-6-9-20)17-18-11-13-19(14-12-18)26-16-7-15-24-26/h4-9,11-17H,2-3,10H2,1H3/b21-17-. The zero-order valence-corrected chi connectivity index (χ0v) is 15.8. The monoisotopic (exact) mass is 370 g/mol. The van der Waals surface area contributed by atoms with E-state index in [-0.39, 0.29) is 5.91 Å². The molecule has 140 valence electrons. The molecule has 1 amide bonds. The van der Waals surface area contributed by atoms with Crippen molar-refractivity contribution in [3.8, 4) is 5.69 Å². The van der Waals surface area contributed by atoms with Gasteiger partial charge in [0.2, 0.25) is 0 Å². The number of benzene rings is 2. The third kappa shape index (κ3) is 3.64. The van der Waals surface area contributed by atoms with Crippen LogP contribution in [-0.4, -0.2) is 21.4 Å². The lowest BCUT2D eigenvalue weighted by Crippen LogP contribution is -2.21. The molecular formula is C23H22N4O. The van der Waals surface area contributed by atoms with E-state index in [1.807, 2.05) is 77.6 Å². The highest BCUT2D eigenvalue weighted by atomic mass is 16.2. The van der Waals surface area contributed by atoms with Gasteiger partial charge in [-0.2, -0.15) is 15.2 Å². The topological polar surface area (TPSA) is 50.5 Å². The van der Waals surface area contributed by atoms with Gasteiger partial charge in [0.1, 0.15) is 0 Å². The molecule has 0 spiro atoms. The maximum atomic E-state index is 13.1. The summed E-state index contributed by atoms with van der Waals surface area (Å²) in [5, 5.41) is 10.4. The van der Waals surface area contributed by atoms with Crippen LogP contribution in [0.2, 0.25) is 0 Å². The third-order valence-electron chi connectivity index (χ3n) is 4.70. The number of carbonyl (C=O) groups is 1. The molecule has 0 bridgehead atoms. The van der Waals surface area contributed by atoms with E-state index < -0.39 is 0 Å². The van der Waals surface area contributed by atoms with E-state index in [1.165, 1.54) is 5.01 Å². The number of hydrogen-bond donors (Lipinski definition) is 0. The van der Waals surface area contributed by atoms with Crippen LogP contribution < -0.4 is 5.01 Å². The molecule has 4 rings (SSSR count). The summed E-state index contributed by atoms with van der Waals surface area (Å²) in [6.07, 6.45) is 8.45. The lowest BCUT2D eigenvalue weighted by atomic mass is 10.0. The number of aromatic nitrogens is 2. The van der Waals surface area contributed by atoms with E-state index in [1.54, 1.807) is 6.20 Å². The zero-order chi connectivity index (χ0) is 19.3. The number of amides is 1. The minimum Gasteiger partial charge on any atom is -0.267 e. The van der Waals surface area contributed by atoms with E-state index in [0.29, 0.717) is 5.57 Å². The summed E-state index contributed by atoms with van der Waals surface area (Å²) in [5.41, 5.74) is 4.27. The molecule has 0 saturated heterocycles. The first kappa shape index (κ1) is 17.9. The van der Waals surface area contributed by atoms with Gasteiger partial charge in [0.25, 0.3) is 5.91 Å². The molecule has 2 heterocycles. The fraction of sp³-hybridized carbons (Fsp3) is 0.174. The molecule has 1 aliphatic rings. The van der Waals surface area contributed by atoms with Crippen LogP contribution in [0.3, 0.4) is 0 Å². The second-order valence-corrected chi connectivity index (χ2v) is 6.70. The number of hydrazone groups is 1. The van der Waals surface area contributed by atoms with Crippen molar-refractivity contribution in [3.63, 3.8) is 0 Å². The second kappa shape index (κ2) is 8.05. The predicted octanol–water partition coefficient (Wildman–Crippen LogP) is 4.85. The second-order valence-electron chi connectivity index (χ2n) is 6.70. The Hall–Kier alpha value is -3.47. The normalized spacial score (nSPS) is 15.3. The SMILES string of the molecule is CCCCC1=NN(c2ccccc2)C(=O)/C1=C\c1ccc(-n2cccn2)cc1. The number of nitrogens with zero attached hydrogens (tertiary/aromatic N) is 4. The van der Waals surface area contributed by atoms with Crippen molar-refractivity contribution >= 4 is 23.4 Å². The van der Waals surface area contributed by atoms with Crippen molar-refractivity contribution in [2.45, 2.75) is 26.2 Å². The van der Waals surface area contributed by atoms with Crippen LogP contribution in [0.4, 0.5) is 5.69 Å². The molecule has 2 aromatic carbocycles. The fourth-order valence-electron chi connectivity index (χ4n) is 3.19. The van der Waals surface area contributed by atoms with Gasteiger partial charge in [-0.25, -0.2) is 4.68 Å². The van der Waals surface area contributed by atoms with Gasteiger partial charge in [0.05, 0.1) is 22.7 Å². The van der Waals surface area contributed by atoms with E-state index in [4.69, 9.17) is 0 Å². The molecule has 28 heavy (non-hydrogen) atoms. The average Bonchev–Trinajstić information content (AvgIpc) is 3.37. The van der Waals surface area contributed by atoms with Crippen LogP contribution in [-0.2, 0) is 4.79 Å². The number of anilines is 1. The van der Waals surface area contributed by atoms with E-state index in [9.17, 15) is 4.79 Å². The minimum atomic E-state index is -0.0755. The lowest BCUT2D eigenvalue weighted by molar-refractivity contribution is -0.114. The minimum absolute atomic E-state index is 0.0755. The first-order valence-corrected chi connectivity index (χ1v) is 9.55. The molecule has 0 unspecified atom stereocenters. The van der Waals surface area contributed by atoms with Gasteiger partial charge in [-0.1, -0.05) is 43.7 Å². The molecule has 0 aliphatic carbocycles. The Morgan fingerprint density at radius 1 is 0.964 bits per heavy atom. The first-order chi connectivity index (χ1) is 13.8. The Labute approximate surface area is 164 Å². The summed E-state index contributed by atoms with van der Waals surface area (Å²) >= 11 is 0. The first-order valence-electron chi connectivity index (χ1n) is 9.55. The van der Waals surface area contributed by atoms with Crippen molar-refractivity contribution in [3.05, 3.63) is 84.2 Å². The smallest absolute Gasteiger partial charge is 0.267 e. The molecule has 0 fully saturated rings. The number of unbranched alkanes of at least 4 members (excludes halogenated alkanes) is 1. The average molecular weight is 370 g/mol. The molecule has 3 aromatic rings. The van der Waals surface area contributed by atoms with Crippen LogP contribution in [0.25, 0.3) is 11.8 Å². The Balaban J connectivity index is 1.64.